The molecule has 35 heavy (non-hydrogen) atoms. The SMILES string of the molecule is CC(Cc1cc(N)c(OCCc2ccc(N(C)C)cc2)c(-c2ccc3ccccc3c2)c1)C(=O)O. The highest BCUT2D eigenvalue weighted by atomic mass is 16.5. The molecule has 0 amide bonds. The summed E-state index contributed by atoms with van der Waals surface area (Å²) in [5.41, 5.74) is 12.1. The van der Waals surface area contributed by atoms with Crippen LogP contribution in [0.5, 0.6) is 5.75 Å². The number of carboxylic acids is 1. The Hall–Kier alpha value is -3.99. The minimum atomic E-state index is -0.823. The Morgan fingerprint density at radius 3 is 2.34 bits per heavy atom. The maximum Gasteiger partial charge on any atom is 0.306 e. The molecular formula is C30H32N2O3. The number of ether oxygens (including phenoxy) is 1. The van der Waals surface area contributed by atoms with Crippen LogP contribution in [0.15, 0.2) is 78.9 Å². The molecule has 0 aromatic heterocycles. The van der Waals surface area contributed by atoms with Gasteiger partial charge in [0, 0.05) is 31.8 Å². The fourth-order valence-corrected chi connectivity index (χ4v) is 4.24. The van der Waals surface area contributed by atoms with Gasteiger partial charge < -0.3 is 20.5 Å². The summed E-state index contributed by atoms with van der Waals surface area (Å²) in [7, 11) is 4.05. The van der Waals surface area contributed by atoms with Crippen molar-refractivity contribution in [2.24, 2.45) is 5.92 Å². The van der Waals surface area contributed by atoms with Gasteiger partial charge in [0.05, 0.1) is 18.2 Å². The van der Waals surface area contributed by atoms with E-state index in [-0.39, 0.29) is 0 Å². The van der Waals surface area contributed by atoms with Gasteiger partial charge in [-0.1, -0.05) is 55.5 Å². The number of nitrogens with two attached hydrogens (primary N) is 1. The number of aliphatic carboxylic acids is 1. The summed E-state index contributed by atoms with van der Waals surface area (Å²) in [5, 5.41) is 11.7. The number of benzene rings is 4. The molecule has 0 saturated carbocycles. The molecule has 4 rings (SSSR count). The zero-order valence-corrected chi connectivity index (χ0v) is 20.5. The fourth-order valence-electron chi connectivity index (χ4n) is 4.24. The molecule has 5 heteroatoms. The lowest BCUT2D eigenvalue weighted by Crippen LogP contribution is -2.13. The molecule has 0 radical (unpaired) electrons. The molecule has 4 aromatic carbocycles. The Kier molecular flexibility index (Phi) is 7.25. The van der Waals surface area contributed by atoms with E-state index in [2.05, 4.69) is 59.5 Å². The third kappa shape index (κ3) is 5.75. The maximum absolute atomic E-state index is 11.4. The van der Waals surface area contributed by atoms with Gasteiger partial charge in [-0.05, 0) is 64.2 Å². The van der Waals surface area contributed by atoms with Crippen LogP contribution in [0.3, 0.4) is 0 Å². The second kappa shape index (κ2) is 10.5. The molecule has 0 fully saturated rings. The number of carboxylic acid groups (broad SMARTS) is 1. The number of fused-ring (bicyclic) bond motifs is 1. The molecule has 0 aliphatic carbocycles. The summed E-state index contributed by atoms with van der Waals surface area (Å²) in [5.74, 6) is -0.691. The first-order valence-electron chi connectivity index (χ1n) is 11.9. The Balaban J connectivity index is 1.64. The van der Waals surface area contributed by atoms with Crippen molar-refractivity contribution in [3.8, 4) is 16.9 Å². The van der Waals surface area contributed by atoms with Crippen LogP contribution in [0.25, 0.3) is 21.9 Å². The maximum atomic E-state index is 11.4. The quantitative estimate of drug-likeness (QED) is 0.293. The highest BCUT2D eigenvalue weighted by Crippen LogP contribution is 2.38. The monoisotopic (exact) mass is 468 g/mol. The van der Waals surface area contributed by atoms with Crippen molar-refractivity contribution >= 4 is 28.1 Å². The van der Waals surface area contributed by atoms with Gasteiger partial charge in [0.25, 0.3) is 0 Å². The zero-order valence-electron chi connectivity index (χ0n) is 20.5. The van der Waals surface area contributed by atoms with Gasteiger partial charge in [-0.15, -0.1) is 0 Å². The van der Waals surface area contributed by atoms with Gasteiger partial charge in [0.1, 0.15) is 5.75 Å². The number of anilines is 2. The largest absolute Gasteiger partial charge is 0.490 e. The van der Waals surface area contributed by atoms with Crippen LogP contribution in [-0.4, -0.2) is 31.8 Å². The molecule has 0 heterocycles. The van der Waals surface area contributed by atoms with Crippen LogP contribution in [-0.2, 0) is 17.6 Å². The first kappa shape index (κ1) is 24.1. The third-order valence-electron chi connectivity index (χ3n) is 6.29. The molecule has 0 spiro atoms. The first-order valence-corrected chi connectivity index (χ1v) is 11.9. The van der Waals surface area contributed by atoms with E-state index in [9.17, 15) is 9.90 Å². The topological polar surface area (TPSA) is 75.8 Å². The van der Waals surface area contributed by atoms with E-state index < -0.39 is 11.9 Å². The molecule has 3 N–H and O–H groups in total. The molecule has 1 atom stereocenters. The van der Waals surface area contributed by atoms with Crippen LogP contribution >= 0.6 is 0 Å². The Morgan fingerprint density at radius 2 is 1.66 bits per heavy atom. The van der Waals surface area contributed by atoms with E-state index in [4.69, 9.17) is 10.5 Å². The minimum absolute atomic E-state index is 0.401. The second-order valence-corrected chi connectivity index (χ2v) is 9.23. The molecule has 180 valence electrons. The number of carbonyl (C=O) groups is 1. The molecule has 1 unspecified atom stereocenters. The molecule has 0 bridgehead atoms. The predicted molar refractivity (Wildman–Crippen MR) is 144 cm³/mol. The minimum Gasteiger partial charge on any atom is -0.490 e. The predicted octanol–water partition coefficient (Wildman–Crippen LogP) is 6.04. The van der Waals surface area contributed by atoms with Gasteiger partial charge in [0.2, 0.25) is 0 Å². The van der Waals surface area contributed by atoms with Gasteiger partial charge in [-0.25, -0.2) is 0 Å². The second-order valence-electron chi connectivity index (χ2n) is 9.23. The lowest BCUT2D eigenvalue weighted by atomic mass is 9.94. The molecular weight excluding hydrogens is 436 g/mol. The normalized spacial score (nSPS) is 11.9. The van der Waals surface area contributed by atoms with Crippen LogP contribution < -0.4 is 15.4 Å². The average molecular weight is 469 g/mol. The van der Waals surface area contributed by atoms with E-state index in [1.165, 1.54) is 5.56 Å². The summed E-state index contributed by atoms with van der Waals surface area (Å²) in [6.45, 7) is 2.19. The molecule has 0 aliphatic rings. The molecule has 4 aromatic rings. The summed E-state index contributed by atoms with van der Waals surface area (Å²) >= 11 is 0. The standard InChI is InChI=1S/C30H32N2O3/c1-20(30(33)34)16-22-17-27(25-11-10-23-6-4-5-7-24(23)19-25)29(28(31)18-22)35-15-14-21-8-12-26(13-9-21)32(2)3/h4-13,17-20H,14-16,31H2,1-3H3,(H,33,34). The lowest BCUT2D eigenvalue weighted by Gasteiger charge is -2.18. The molecule has 0 aliphatic heterocycles. The Morgan fingerprint density at radius 1 is 0.943 bits per heavy atom. The zero-order chi connectivity index (χ0) is 24.9. The number of hydrogen-bond donors (Lipinski definition) is 2. The number of rotatable bonds is 9. The summed E-state index contributed by atoms with van der Waals surface area (Å²) in [6.07, 6.45) is 1.15. The average Bonchev–Trinajstić information content (AvgIpc) is 2.85. The van der Waals surface area contributed by atoms with Gasteiger partial charge in [-0.2, -0.15) is 0 Å². The van der Waals surface area contributed by atoms with E-state index in [1.807, 2.05) is 38.4 Å². The highest BCUT2D eigenvalue weighted by Gasteiger charge is 2.17. The van der Waals surface area contributed by atoms with Crippen LogP contribution in [0.4, 0.5) is 11.4 Å². The van der Waals surface area contributed by atoms with Crippen LogP contribution in [0, 0.1) is 5.92 Å². The van der Waals surface area contributed by atoms with E-state index in [1.54, 1.807) is 6.92 Å². The number of nitrogens with zero attached hydrogens (tertiary/aromatic N) is 1. The van der Waals surface area contributed by atoms with Crippen molar-refractivity contribution in [1.82, 2.24) is 0 Å². The Labute approximate surface area is 206 Å². The lowest BCUT2D eigenvalue weighted by molar-refractivity contribution is -0.141. The van der Waals surface area contributed by atoms with Crippen molar-refractivity contribution in [2.75, 3.05) is 31.3 Å². The number of nitrogen functional groups attached to an aromatic ring is 1. The van der Waals surface area contributed by atoms with Crippen molar-refractivity contribution < 1.29 is 14.6 Å². The number of hydrogen-bond acceptors (Lipinski definition) is 4. The van der Waals surface area contributed by atoms with Crippen molar-refractivity contribution in [1.29, 1.82) is 0 Å². The van der Waals surface area contributed by atoms with Crippen LogP contribution in [0.1, 0.15) is 18.1 Å². The van der Waals surface area contributed by atoms with E-state index >= 15 is 0 Å². The smallest absolute Gasteiger partial charge is 0.306 e. The third-order valence-corrected chi connectivity index (χ3v) is 6.29. The first-order chi connectivity index (χ1) is 16.8. The van der Waals surface area contributed by atoms with Gasteiger partial charge >= 0.3 is 5.97 Å². The molecule has 5 nitrogen and oxygen atoms in total. The van der Waals surface area contributed by atoms with Crippen molar-refractivity contribution in [3.63, 3.8) is 0 Å². The van der Waals surface area contributed by atoms with Gasteiger partial charge in [-0.3, -0.25) is 4.79 Å². The van der Waals surface area contributed by atoms with E-state index in [0.717, 1.165) is 39.6 Å². The Bertz CT molecular complexity index is 1330. The summed E-state index contributed by atoms with van der Waals surface area (Å²) in [6, 6.07) is 26.8. The van der Waals surface area contributed by atoms with Crippen molar-refractivity contribution in [3.05, 3.63) is 90.0 Å². The van der Waals surface area contributed by atoms with Gasteiger partial charge in [0.15, 0.2) is 0 Å². The van der Waals surface area contributed by atoms with Crippen molar-refractivity contribution in [2.45, 2.75) is 19.8 Å². The molecule has 0 saturated heterocycles. The van der Waals surface area contributed by atoms with E-state index in [0.29, 0.717) is 24.5 Å². The summed E-state index contributed by atoms with van der Waals surface area (Å²) in [4.78, 5) is 13.5. The van der Waals surface area contributed by atoms with Crippen LogP contribution in [0.2, 0.25) is 0 Å². The fraction of sp³-hybridized carbons (Fsp3) is 0.233. The summed E-state index contributed by atoms with van der Waals surface area (Å²) < 4.78 is 6.27. The highest BCUT2D eigenvalue weighted by molar-refractivity contribution is 5.89.